The first kappa shape index (κ1) is 17.7. The summed E-state index contributed by atoms with van der Waals surface area (Å²) < 4.78 is 37.3. The van der Waals surface area contributed by atoms with Gasteiger partial charge in [-0.05, 0) is 30.2 Å². The maximum atomic E-state index is 12.8. The van der Waals surface area contributed by atoms with Crippen LogP contribution in [-0.2, 0) is 16.4 Å². The average molecular weight is 363 g/mol. The smallest absolute Gasteiger partial charge is 0.243 e. The quantitative estimate of drug-likeness (QED) is 0.899. The minimum Gasteiger partial charge on any atom is -0.497 e. The van der Waals surface area contributed by atoms with Crippen LogP contribution in [0.15, 0.2) is 47.4 Å². The molecule has 0 aliphatic carbocycles. The number of ether oxygens (including phenoxy) is 2. The van der Waals surface area contributed by atoms with Gasteiger partial charge in [-0.2, -0.15) is 4.31 Å². The van der Waals surface area contributed by atoms with E-state index < -0.39 is 22.2 Å². The molecule has 0 bridgehead atoms. The van der Waals surface area contributed by atoms with E-state index in [4.69, 9.17) is 9.47 Å². The van der Waals surface area contributed by atoms with Crippen molar-refractivity contribution in [3.63, 3.8) is 0 Å². The molecule has 0 unspecified atom stereocenters. The van der Waals surface area contributed by atoms with E-state index in [0.717, 1.165) is 5.56 Å². The van der Waals surface area contributed by atoms with Crippen LogP contribution in [0.25, 0.3) is 0 Å². The zero-order valence-corrected chi connectivity index (χ0v) is 15.2. The summed E-state index contributed by atoms with van der Waals surface area (Å²) in [5, 5.41) is 10.8. The van der Waals surface area contributed by atoms with Crippen LogP contribution in [0.3, 0.4) is 0 Å². The Morgan fingerprint density at radius 2 is 1.68 bits per heavy atom. The molecule has 2 atom stereocenters. The summed E-state index contributed by atoms with van der Waals surface area (Å²) in [6.07, 6.45) is -0.583. The number of aliphatic hydroxyl groups is 1. The normalized spacial score (nSPS) is 22.2. The van der Waals surface area contributed by atoms with E-state index in [1.165, 1.54) is 17.4 Å². The monoisotopic (exact) mass is 363 g/mol. The van der Waals surface area contributed by atoms with Crippen molar-refractivity contribution in [1.29, 1.82) is 0 Å². The predicted octanol–water partition coefficient (Wildman–Crippen LogP) is 1.98. The number of fused-ring (bicyclic) bond motifs is 1. The number of likely N-dealkylation sites (N-methyl/N-ethyl adjacent to an activating group) is 1. The zero-order chi connectivity index (χ0) is 18.2. The first-order valence-corrected chi connectivity index (χ1v) is 9.29. The first-order chi connectivity index (χ1) is 11.9. The molecule has 1 aliphatic heterocycles. The Balaban J connectivity index is 2.01. The van der Waals surface area contributed by atoms with Gasteiger partial charge >= 0.3 is 0 Å². The second-order valence-electron chi connectivity index (χ2n) is 6.00. The first-order valence-electron chi connectivity index (χ1n) is 7.85. The number of nitrogens with zero attached hydrogens (tertiary/aromatic N) is 1. The lowest BCUT2D eigenvalue weighted by Gasteiger charge is -2.37. The van der Waals surface area contributed by atoms with Gasteiger partial charge in [-0.3, -0.25) is 0 Å². The van der Waals surface area contributed by atoms with Crippen molar-refractivity contribution in [1.82, 2.24) is 4.31 Å². The summed E-state index contributed by atoms with van der Waals surface area (Å²) >= 11 is 0. The van der Waals surface area contributed by atoms with Crippen molar-refractivity contribution < 1.29 is 23.0 Å². The van der Waals surface area contributed by atoms with Crippen molar-refractivity contribution in [2.24, 2.45) is 0 Å². The van der Waals surface area contributed by atoms with Crippen LogP contribution in [0.1, 0.15) is 17.2 Å². The maximum Gasteiger partial charge on any atom is 0.243 e. The van der Waals surface area contributed by atoms with E-state index in [9.17, 15) is 13.5 Å². The molecule has 0 spiro atoms. The molecule has 1 aliphatic rings. The van der Waals surface area contributed by atoms with Crippen LogP contribution in [0.5, 0.6) is 11.5 Å². The number of sulfonamides is 1. The molecule has 1 heterocycles. The Labute approximate surface area is 147 Å². The lowest BCUT2D eigenvalue weighted by Crippen LogP contribution is -2.46. The molecule has 6 nitrogen and oxygen atoms in total. The fourth-order valence-electron chi connectivity index (χ4n) is 3.17. The van der Waals surface area contributed by atoms with E-state index in [-0.39, 0.29) is 4.90 Å². The van der Waals surface area contributed by atoms with Crippen LogP contribution < -0.4 is 9.47 Å². The fourth-order valence-corrected chi connectivity index (χ4v) is 4.76. The molecular formula is C18H21NO5S. The molecule has 0 aromatic heterocycles. The summed E-state index contributed by atoms with van der Waals surface area (Å²) in [4.78, 5) is 0.157. The number of hydrogen-bond acceptors (Lipinski definition) is 5. The van der Waals surface area contributed by atoms with E-state index in [1.54, 1.807) is 38.5 Å². The van der Waals surface area contributed by atoms with Gasteiger partial charge in [0.2, 0.25) is 10.0 Å². The number of rotatable bonds is 4. The SMILES string of the molecule is COc1cc(C[C@@H]2[C@H](O)c3ccccc3S(=O)(=O)N2C)cc(OC)c1. The highest BCUT2D eigenvalue weighted by Gasteiger charge is 2.41. The molecule has 3 rings (SSSR count). The molecule has 134 valence electrons. The summed E-state index contributed by atoms with van der Waals surface area (Å²) in [7, 11) is 0.966. The largest absolute Gasteiger partial charge is 0.497 e. The summed E-state index contributed by atoms with van der Waals surface area (Å²) in [6.45, 7) is 0. The second-order valence-corrected chi connectivity index (χ2v) is 7.96. The van der Waals surface area contributed by atoms with E-state index in [2.05, 4.69) is 0 Å². The number of benzene rings is 2. The molecule has 25 heavy (non-hydrogen) atoms. The lowest BCUT2D eigenvalue weighted by atomic mass is 9.95. The zero-order valence-electron chi connectivity index (χ0n) is 14.3. The van der Waals surface area contributed by atoms with Crippen molar-refractivity contribution in [3.05, 3.63) is 53.6 Å². The maximum absolute atomic E-state index is 12.8. The van der Waals surface area contributed by atoms with Crippen LogP contribution in [0.2, 0.25) is 0 Å². The average Bonchev–Trinajstić information content (AvgIpc) is 2.63. The summed E-state index contributed by atoms with van der Waals surface area (Å²) in [5.74, 6) is 1.23. The van der Waals surface area contributed by atoms with Crippen molar-refractivity contribution in [3.8, 4) is 11.5 Å². The fraction of sp³-hybridized carbons (Fsp3) is 0.333. The molecule has 0 amide bonds. The summed E-state index contributed by atoms with van der Waals surface area (Å²) in [6, 6.07) is 11.3. The minimum absolute atomic E-state index is 0.157. The molecular weight excluding hydrogens is 342 g/mol. The van der Waals surface area contributed by atoms with Gasteiger partial charge in [0, 0.05) is 18.7 Å². The highest BCUT2D eigenvalue weighted by Crippen LogP contribution is 2.37. The molecule has 0 fully saturated rings. The summed E-state index contributed by atoms with van der Waals surface area (Å²) in [5.41, 5.74) is 1.25. The molecule has 7 heteroatoms. The van der Waals surface area contributed by atoms with E-state index in [0.29, 0.717) is 23.5 Å². The van der Waals surface area contributed by atoms with Crippen LogP contribution in [0, 0.1) is 0 Å². The number of aliphatic hydroxyl groups excluding tert-OH is 1. The van der Waals surface area contributed by atoms with Gasteiger partial charge in [-0.15, -0.1) is 0 Å². The molecule has 0 saturated heterocycles. The topological polar surface area (TPSA) is 76.1 Å². The minimum atomic E-state index is -3.64. The molecule has 2 aromatic rings. The second kappa shape index (κ2) is 6.67. The number of hydrogen-bond donors (Lipinski definition) is 1. The Kier molecular flexibility index (Phi) is 4.73. The Bertz CT molecular complexity index is 859. The van der Waals surface area contributed by atoms with E-state index in [1.807, 2.05) is 12.1 Å². The lowest BCUT2D eigenvalue weighted by molar-refractivity contribution is 0.0891. The molecule has 0 radical (unpaired) electrons. The third-order valence-corrected chi connectivity index (χ3v) is 6.54. The predicted molar refractivity (Wildman–Crippen MR) is 93.4 cm³/mol. The van der Waals surface area contributed by atoms with Gasteiger partial charge < -0.3 is 14.6 Å². The number of methoxy groups -OCH3 is 2. The Morgan fingerprint density at radius 3 is 2.28 bits per heavy atom. The molecule has 1 N–H and O–H groups in total. The molecule has 0 saturated carbocycles. The van der Waals surface area contributed by atoms with Gasteiger partial charge in [0.25, 0.3) is 0 Å². The van der Waals surface area contributed by atoms with Gasteiger partial charge in [0.15, 0.2) is 0 Å². The van der Waals surface area contributed by atoms with Gasteiger partial charge in [-0.1, -0.05) is 18.2 Å². The third-order valence-electron chi connectivity index (χ3n) is 4.58. The molecule has 2 aromatic carbocycles. The van der Waals surface area contributed by atoms with Crippen LogP contribution >= 0.6 is 0 Å². The standard InChI is InChI=1S/C18H21NO5S/c1-19-16(10-12-8-13(23-2)11-14(9-12)24-3)18(20)15-6-4-5-7-17(15)25(19,21)22/h4-9,11,16,18,20H,10H2,1-3H3/t16-,18-/m1/s1. The highest BCUT2D eigenvalue weighted by atomic mass is 32.2. The van der Waals surface area contributed by atoms with Crippen molar-refractivity contribution in [2.45, 2.75) is 23.5 Å². The van der Waals surface area contributed by atoms with Gasteiger partial charge in [0.05, 0.1) is 31.3 Å². The third kappa shape index (κ3) is 3.10. The van der Waals surface area contributed by atoms with Crippen LogP contribution in [0.4, 0.5) is 0 Å². The van der Waals surface area contributed by atoms with Gasteiger partial charge in [-0.25, -0.2) is 8.42 Å². The highest BCUT2D eigenvalue weighted by molar-refractivity contribution is 7.89. The Hall–Kier alpha value is -2.09. The van der Waals surface area contributed by atoms with Crippen molar-refractivity contribution >= 4 is 10.0 Å². The van der Waals surface area contributed by atoms with Crippen LogP contribution in [-0.4, -0.2) is 45.1 Å². The van der Waals surface area contributed by atoms with Gasteiger partial charge in [0.1, 0.15) is 11.5 Å². The van der Waals surface area contributed by atoms with Crippen molar-refractivity contribution in [2.75, 3.05) is 21.3 Å². The van der Waals surface area contributed by atoms with E-state index >= 15 is 0 Å². The Morgan fingerprint density at radius 1 is 1.08 bits per heavy atom.